The van der Waals surface area contributed by atoms with Crippen molar-refractivity contribution in [2.24, 2.45) is 11.0 Å². The van der Waals surface area contributed by atoms with Crippen LogP contribution in [0.15, 0.2) is 52.0 Å². The van der Waals surface area contributed by atoms with E-state index in [1.165, 1.54) is 6.42 Å². The van der Waals surface area contributed by atoms with Crippen molar-refractivity contribution in [3.63, 3.8) is 0 Å². The molecule has 2 aromatic rings. The fraction of sp³-hybridized carbons (Fsp3) is 0.364. The molecule has 8 heteroatoms. The van der Waals surface area contributed by atoms with Gasteiger partial charge >= 0.3 is 0 Å². The second-order valence-corrected chi connectivity index (χ2v) is 9.46. The molecule has 0 spiro atoms. The second-order valence-electron chi connectivity index (χ2n) is 7.70. The van der Waals surface area contributed by atoms with Crippen molar-refractivity contribution >= 4 is 56.4 Å². The number of hydrogen-bond acceptors (Lipinski definition) is 4. The summed E-state index contributed by atoms with van der Waals surface area (Å²) in [7, 11) is 0. The third-order valence-electron chi connectivity index (χ3n) is 5.60. The van der Waals surface area contributed by atoms with Crippen molar-refractivity contribution in [1.29, 1.82) is 0 Å². The summed E-state index contributed by atoms with van der Waals surface area (Å²) >= 11 is 16.1. The van der Waals surface area contributed by atoms with Crippen LogP contribution in [0.25, 0.3) is 0 Å². The number of piperidine rings is 1. The average molecular weight is 510 g/mol. The normalized spacial score (nSPS) is 22.1. The van der Waals surface area contributed by atoms with Crippen LogP contribution in [0.5, 0.6) is 0 Å². The number of anilines is 1. The zero-order valence-corrected chi connectivity index (χ0v) is 19.7. The summed E-state index contributed by atoms with van der Waals surface area (Å²) in [5.41, 5.74) is 5.32. The van der Waals surface area contributed by atoms with Crippen LogP contribution in [0.2, 0.25) is 10.0 Å². The number of hydrogen-bond donors (Lipinski definition) is 1. The van der Waals surface area contributed by atoms with Gasteiger partial charge in [-0.15, -0.1) is 0 Å². The fourth-order valence-electron chi connectivity index (χ4n) is 4.05. The predicted octanol–water partition coefficient (Wildman–Crippen LogP) is 5.83. The van der Waals surface area contributed by atoms with E-state index >= 15 is 0 Å². The van der Waals surface area contributed by atoms with Crippen LogP contribution < -0.4 is 10.4 Å². The molecule has 0 aromatic heterocycles. The van der Waals surface area contributed by atoms with Gasteiger partial charge in [0.15, 0.2) is 0 Å². The van der Waals surface area contributed by atoms with Crippen LogP contribution >= 0.6 is 39.1 Å². The van der Waals surface area contributed by atoms with Gasteiger partial charge in [0.1, 0.15) is 5.71 Å². The van der Waals surface area contributed by atoms with Crippen molar-refractivity contribution in [2.75, 3.05) is 18.1 Å². The molecule has 2 atom stereocenters. The third-order valence-corrected chi connectivity index (χ3v) is 6.67. The highest BCUT2D eigenvalue weighted by Crippen LogP contribution is 2.42. The number of amides is 1. The number of nitrogens with zero attached hydrogens (tertiary/aromatic N) is 3. The first-order valence-electron chi connectivity index (χ1n) is 10.1. The second kappa shape index (κ2) is 9.27. The van der Waals surface area contributed by atoms with E-state index in [-0.39, 0.29) is 17.9 Å². The van der Waals surface area contributed by atoms with E-state index in [4.69, 9.17) is 28.3 Å². The summed E-state index contributed by atoms with van der Waals surface area (Å²) < 4.78 is 0.997. The predicted molar refractivity (Wildman–Crippen MR) is 126 cm³/mol. The van der Waals surface area contributed by atoms with E-state index in [1.807, 2.05) is 47.3 Å². The first-order valence-corrected chi connectivity index (χ1v) is 11.6. The van der Waals surface area contributed by atoms with Crippen molar-refractivity contribution in [2.45, 2.75) is 32.2 Å². The highest BCUT2D eigenvalue weighted by molar-refractivity contribution is 9.10. The minimum Gasteiger partial charge on any atom is -0.284 e. The van der Waals surface area contributed by atoms with Gasteiger partial charge in [-0.1, -0.05) is 64.6 Å². The molecule has 1 saturated heterocycles. The summed E-state index contributed by atoms with van der Waals surface area (Å²) in [6.07, 6.45) is 3.39. The molecule has 1 amide bonds. The molecule has 158 valence electrons. The lowest BCUT2D eigenvalue weighted by atomic mass is 9.91. The van der Waals surface area contributed by atoms with Gasteiger partial charge < -0.3 is 0 Å². The summed E-state index contributed by atoms with van der Waals surface area (Å²) in [5.74, 6) is -0.276. The SMILES string of the molecule is C[C@H]1C(C(=O)NN2CCCCC2)=NN(c2ccc(Cl)cc2Cl)[C@H]1c1ccc(Br)cc1. The Morgan fingerprint density at radius 3 is 2.47 bits per heavy atom. The number of halogens is 3. The molecule has 5 nitrogen and oxygen atoms in total. The Bertz CT molecular complexity index is 960. The highest BCUT2D eigenvalue weighted by atomic mass is 79.9. The zero-order chi connectivity index (χ0) is 21.3. The van der Waals surface area contributed by atoms with Gasteiger partial charge in [0, 0.05) is 28.5 Å². The molecular formula is C22H23BrCl2N4O. The van der Waals surface area contributed by atoms with Crippen molar-refractivity contribution < 1.29 is 4.79 Å². The van der Waals surface area contributed by atoms with Crippen LogP contribution in [-0.4, -0.2) is 29.7 Å². The smallest absolute Gasteiger partial charge is 0.282 e. The molecule has 0 aliphatic carbocycles. The molecule has 1 N–H and O–H groups in total. The Labute approximate surface area is 195 Å². The van der Waals surface area contributed by atoms with Gasteiger partial charge in [0.25, 0.3) is 5.91 Å². The topological polar surface area (TPSA) is 47.9 Å². The van der Waals surface area contributed by atoms with Crippen LogP contribution in [0, 0.1) is 5.92 Å². The largest absolute Gasteiger partial charge is 0.284 e. The van der Waals surface area contributed by atoms with Gasteiger partial charge in [0.05, 0.1) is 16.8 Å². The van der Waals surface area contributed by atoms with Gasteiger partial charge in [-0.05, 0) is 48.7 Å². The third kappa shape index (κ3) is 4.52. The van der Waals surface area contributed by atoms with E-state index in [0.717, 1.165) is 41.7 Å². The van der Waals surface area contributed by atoms with Crippen LogP contribution in [0.4, 0.5) is 5.69 Å². The molecule has 2 heterocycles. The molecule has 0 bridgehead atoms. The Morgan fingerprint density at radius 2 is 1.80 bits per heavy atom. The average Bonchev–Trinajstić information content (AvgIpc) is 3.06. The summed E-state index contributed by atoms with van der Waals surface area (Å²) in [6, 6.07) is 13.3. The first kappa shape index (κ1) is 21.6. The number of hydrazine groups is 1. The Balaban J connectivity index is 1.68. The lowest BCUT2D eigenvalue weighted by Crippen LogP contribution is -2.48. The van der Waals surface area contributed by atoms with Gasteiger partial charge in [-0.3, -0.25) is 15.2 Å². The maximum absolute atomic E-state index is 13.1. The number of rotatable bonds is 4. The van der Waals surface area contributed by atoms with E-state index in [1.54, 1.807) is 12.1 Å². The molecule has 0 saturated carbocycles. The molecule has 2 aliphatic heterocycles. The minimum absolute atomic E-state index is 0.122. The number of benzene rings is 2. The number of carbonyl (C=O) groups excluding carboxylic acids is 1. The van der Waals surface area contributed by atoms with Gasteiger partial charge in [-0.2, -0.15) is 5.10 Å². The van der Waals surface area contributed by atoms with E-state index in [9.17, 15) is 4.79 Å². The zero-order valence-electron chi connectivity index (χ0n) is 16.6. The summed E-state index contributed by atoms with van der Waals surface area (Å²) in [6.45, 7) is 3.78. The maximum atomic E-state index is 13.1. The molecule has 0 radical (unpaired) electrons. The molecular weight excluding hydrogens is 487 g/mol. The molecule has 30 heavy (non-hydrogen) atoms. The maximum Gasteiger partial charge on any atom is 0.282 e. The Hall–Kier alpha value is -1.60. The number of hydrazone groups is 1. The molecule has 0 unspecified atom stereocenters. The van der Waals surface area contributed by atoms with E-state index in [2.05, 4.69) is 21.4 Å². The standard InChI is InChI=1S/C22H23BrCl2N4O/c1-14-20(22(30)27-28-11-3-2-4-12-28)26-29(19-10-9-17(24)13-18(19)25)21(14)15-5-7-16(23)8-6-15/h5-10,13-14,21H,2-4,11-12H2,1H3,(H,27,30)/t14-,21+/m0/s1. The van der Waals surface area contributed by atoms with E-state index in [0.29, 0.717) is 15.8 Å². The van der Waals surface area contributed by atoms with Crippen molar-refractivity contribution in [1.82, 2.24) is 10.4 Å². The first-order chi connectivity index (χ1) is 14.4. The monoisotopic (exact) mass is 508 g/mol. The molecule has 2 aliphatic rings. The lowest BCUT2D eigenvalue weighted by Gasteiger charge is -2.28. The molecule has 4 rings (SSSR count). The van der Waals surface area contributed by atoms with Crippen LogP contribution in [0.1, 0.15) is 37.8 Å². The van der Waals surface area contributed by atoms with Crippen molar-refractivity contribution in [3.8, 4) is 0 Å². The summed E-state index contributed by atoms with van der Waals surface area (Å²) in [4.78, 5) is 13.1. The summed E-state index contributed by atoms with van der Waals surface area (Å²) in [5, 5.41) is 9.64. The molecule has 2 aromatic carbocycles. The fourth-order valence-corrected chi connectivity index (χ4v) is 4.81. The Morgan fingerprint density at radius 1 is 1.10 bits per heavy atom. The minimum atomic E-state index is -0.154. The van der Waals surface area contributed by atoms with Gasteiger partial charge in [-0.25, -0.2) is 5.01 Å². The lowest BCUT2D eigenvalue weighted by molar-refractivity contribution is -0.120. The number of nitrogens with one attached hydrogen (secondary N) is 1. The molecule has 1 fully saturated rings. The Kier molecular flexibility index (Phi) is 6.68. The van der Waals surface area contributed by atoms with E-state index < -0.39 is 0 Å². The highest BCUT2D eigenvalue weighted by Gasteiger charge is 2.40. The van der Waals surface area contributed by atoms with Crippen molar-refractivity contribution in [3.05, 3.63) is 62.5 Å². The van der Waals surface area contributed by atoms with Crippen LogP contribution in [-0.2, 0) is 4.79 Å². The quantitative estimate of drug-likeness (QED) is 0.564. The number of carbonyl (C=O) groups is 1. The van der Waals surface area contributed by atoms with Gasteiger partial charge in [0.2, 0.25) is 0 Å². The van der Waals surface area contributed by atoms with Crippen LogP contribution in [0.3, 0.4) is 0 Å².